The smallest absolute Gasteiger partial charge is 0.0906 e. The fourth-order valence-electron chi connectivity index (χ4n) is 2.25. The van der Waals surface area contributed by atoms with Crippen LogP contribution in [0.15, 0.2) is 12.3 Å². The fourth-order valence-corrected chi connectivity index (χ4v) is 2.25. The zero-order valence-corrected chi connectivity index (χ0v) is 10.2. The lowest BCUT2D eigenvalue weighted by Gasteiger charge is -2.08. The number of hydrogen-bond donors (Lipinski definition) is 0. The van der Waals surface area contributed by atoms with E-state index in [-0.39, 0.29) is 0 Å². The molecule has 16 heavy (non-hydrogen) atoms. The second-order valence-corrected chi connectivity index (χ2v) is 4.63. The normalized spacial score (nSPS) is 17.1. The van der Waals surface area contributed by atoms with Gasteiger partial charge in [0.05, 0.1) is 18.3 Å². The third-order valence-corrected chi connectivity index (χ3v) is 3.25. The predicted octanol–water partition coefficient (Wildman–Crippen LogP) is 3.31. The Balaban J connectivity index is 1.77. The maximum absolute atomic E-state index is 5.56. The van der Waals surface area contributed by atoms with Gasteiger partial charge in [0.2, 0.25) is 0 Å². The standard InChI is InChI=1S/C13H22N2O/c1-2-3-10-16-11-12-8-9-15(14-12)13-6-4-5-7-13/h8-9,13H,2-7,10-11H2,1H3. The van der Waals surface area contributed by atoms with Gasteiger partial charge in [0.25, 0.3) is 0 Å². The SMILES string of the molecule is CCCCOCc1ccn(C2CCCC2)n1. The van der Waals surface area contributed by atoms with Gasteiger partial charge in [-0.1, -0.05) is 26.2 Å². The van der Waals surface area contributed by atoms with Gasteiger partial charge >= 0.3 is 0 Å². The van der Waals surface area contributed by atoms with Gasteiger partial charge in [0, 0.05) is 12.8 Å². The number of aromatic nitrogens is 2. The van der Waals surface area contributed by atoms with E-state index in [1.807, 2.05) is 0 Å². The van der Waals surface area contributed by atoms with Crippen LogP contribution in [0.3, 0.4) is 0 Å². The second-order valence-electron chi connectivity index (χ2n) is 4.63. The van der Waals surface area contributed by atoms with Crippen molar-refractivity contribution in [2.75, 3.05) is 6.61 Å². The summed E-state index contributed by atoms with van der Waals surface area (Å²) >= 11 is 0. The van der Waals surface area contributed by atoms with E-state index in [1.54, 1.807) is 0 Å². The topological polar surface area (TPSA) is 27.1 Å². The zero-order chi connectivity index (χ0) is 11.2. The highest BCUT2D eigenvalue weighted by molar-refractivity contribution is 4.98. The molecule has 2 rings (SSSR count). The first-order valence-corrected chi connectivity index (χ1v) is 6.52. The number of unbranched alkanes of at least 4 members (excludes halogenated alkanes) is 1. The first-order valence-electron chi connectivity index (χ1n) is 6.52. The lowest BCUT2D eigenvalue weighted by atomic mass is 10.3. The van der Waals surface area contributed by atoms with Crippen molar-refractivity contribution in [3.8, 4) is 0 Å². The van der Waals surface area contributed by atoms with Gasteiger partial charge in [-0.25, -0.2) is 0 Å². The molecule has 1 aromatic heterocycles. The van der Waals surface area contributed by atoms with Crippen LogP contribution in [0.5, 0.6) is 0 Å². The van der Waals surface area contributed by atoms with Crippen LogP contribution in [0, 0.1) is 0 Å². The van der Waals surface area contributed by atoms with Crippen molar-refractivity contribution >= 4 is 0 Å². The molecule has 0 unspecified atom stereocenters. The molecule has 0 aromatic carbocycles. The average Bonchev–Trinajstić information content (AvgIpc) is 2.94. The molecule has 0 bridgehead atoms. The van der Waals surface area contributed by atoms with E-state index in [2.05, 4.69) is 29.0 Å². The molecule has 1 aromatic rings. The first-order chi connectivity index (χ1) is 7.90. The molecule has 0 amide bonds. The van der Waals surface area contributed by atoms with E-state index in [0.29, 0.717) is 12.6 Å². The number of nitrogens with zero attached hydrogens (tertiary/aromatic N) is 2. The third kappa shape index (κ3) is 3.08. The zero-order valence-electron chi connectivity index (χ0n) is 10.2. The third-order valence-electron chi connectivity index (χ3n) is 3.25. The summed E-state index contributed by atoms with van der Waals surface area (Å²) in [6.07, 6.45) is 9.73. The molecule has 1 aliphatic rings. The molecular weight excluding hydrogens is 200 g/mol. The van der Waals surface area contributed by atoms with Gasteiger partial charge in [0.1, 0.15) is 0 Å². The Bertz CT molecular complexity index is 303. The van der Waals surface area contributed by atoms with Crippen molar-refractivity contribution in [3.63, 3.8) is 0 Å². The van der Waals surface area contributed by atoms with Crippen molar-refractivity contribution in [3.05, 3.63) is 18.0 Å². The molecule has 1 fully saturated rings. The minimum Gasteiger partial charge on any atom is -0.375 e. The summed E-state index contributed by atoms with van der Waals surface area (Å²) < 4.78 is 7.69. The van der Waals surface area contributed by atoms with Crippen LogP contribution in [0.1, 0.15) is 57.2 Å². The molecule has 90 valence electrons. The highest BCUT2D eigenvalue weighted by Crippen LogP contribution is 2.28. The molecule has 0 radical (unpaired) electrons. The van der Waals surface area contributed by atoms with E-state index in [0.717, 1.165) is 18.7 Å². The lowest BCUT2D eigenvalue weighted by molar-refractivity contribution is 0.115. The van der Waals surface area contributed by atoms with Crippen LogP contribution >= 0.6 is 0 Å². The Morgan fingerprint density at radius 3 is 3.00 bits per heavy atom. The van der Waals surface area contributed by atoms with Crippen molar-refractivity contribution in [2.45, 2.75) is 58.1 Å². The quantitative estimate of drug-likeness (QED) is 0.690. The molecule has 0 N–H and O–H groups in total. The van der Waals surface area contributed by atoms with E-state index >= 15 is 0 Å². The summed E-state index contributed by atoms with van der Waals surface area (Å²) in [4.78, 5) is 0. The summed E-state index contributed by atoms with van der Waals surface area (Å²) in [5, 5.41) is 4.58. The monoisotopic (exact) mass is 222 g/mol. The Hall–Kier alpha value is -0.830. The van der Waals surface area contributed by atoms with Gasteiger partial charge < -0.3 is 4.74 Å². The molecule has 1 heterocycles. The molecule has 1 saturated carbocycles. The maximum atomic E-state index is 5.56. The lowest BCUT2D eigenvalue weighted by Crippen LogP contribution is -2.06. The van der Waals surface area contributed by atoms with Crippen molar-refractivity contribution < 1.29 is 4.74 Å². The van der Waals surface area contributed by atoms with Gasteiger partial charge in [-0.05, 0) is 25.3 Å². The van der Waals surface area contributed by atoms with Crippen LogP contribution in [0.2, 0.25) is 0 Å². The van der Waals surface area contributed by atoms with Gasteiger partial charge in [0.15, 0.2) is 0 Å². The second kappa shape index (κ2) is 6.04. The Morgan fingerprint density at radius 1 is 1.44 bits per heavy atom. The van der Waals surface area contributed by atoms with Crippen molar-refractivity contribution in [1.82, 2.24) is 9.78 Å². The largest absolute Gasteiger partial charge is 0.375 e. The van der Waals surface area contributed by atoms with E-state index in [1.165, 1.54) is 32.1 Å². The Kier molecular flexibility index (Phi) is 4.40. The molecule has 1 aliphatic carbocycles. The first kappa shape index (κ1) is 11.6. The van der Waals surface area contributed by atoms with Crippen LogP contribution in [0.25, 0.3) is 0 Å². The summed E-state index contributed by atoms with van der Waals surface area (Å²) in [6, 6.07) is 2.73. The minimum absolute atomic E-state index is 0.643. The van der Waals surface area contributed by atoms with Crippen LogP contribution in [0.4, 0.5) is 0 Å². The fraction of sp³-hybridized carbons (Fsp3) is 0.769. The Labute approximate surface area is 97.8 Å². The highest BCUT2D eigenvalue weighted by Gasteiger charge is 2.17. The maximum Gasteiger partial charge on any atom is 0.0906 e. The summed E-state index contributed by atoms with van der Waals surface area (Å²) in [5.41, 5.74) is 1.07. The predicted molar refractivity (Wildman–Crippen MR) is 64.3 cm³/mol. The highest BCUT2D eigenvalue weighted by atomic mass is 16.5. The van der Waals surface area contributed by atoms with E-state index in [9.17, 15) is 0 Å². The summed E-state index contributed by atoms with van der Waals surface area (Å²) in [7, 11) is 0. The molecule has 3 nitrogen and oxygen atoms in total. The molecule has 0 atom stereocenters. The van der Waals surface area contributed by atoms with Crippen LogP contribution in [-0.2, 0) is 11.3 Å². The van der Waals surface area contributed by atoms with Crippen LogP contribution in [-0.4, -0.2) is 16.4 Å². The number of hydrogen-bond acceptors (Lipinski definition) is 2. The molecule has 0 aliphatic heterocycles. The minimum atomic E-state index is 0.643. The average molecular weight is 222 g/mol. The van der Waals surface area contributed by atoms with Crippen LogP contribution < -0.4 is 0 Å². The van der Waals surface area contributed by atoms with Gasteiger partial charge in [-0.2, -0.15) is 5.10 Å². The van der Waals surface area contributed by atoms with E-state index in [4.69, 9.17) is 4.74 Å². The number of ether oxygens (including phenoxy) is 1. The Morgan fingerprint density at radius 2 is 2.25 bits per heavy atom. The van der Waals surface area contributed by atoms with E-state index < -0.39 is 0 Å². The number of rotatable bonds is 6. The summed E-state index contributed by atoms with van der Waals surface area (Å²) in [5.74, 6) is 0. The van der Waals surface area contributed by atoms with Gasteiger partial charge in [-0.3, -0.25) is 4.68 Å². The molecule has 0 saturated heterocycles. The van der Waals surface area contributed by atoms with Crippen molar-refractivity contribution in [1.29, 1.82) is 0 Å². The molecule has 3 heteroatoms. The van der Waals surface area contributed by atoms with Gasteiger partial charge in [-0.15, -0.1) is 0 Å². The molecule has 0 spiro atoms. The summed E-state index contributed by atoms with van der Waals surface area (Å²) in [6.45, 7) is 3.70. The van der Waals surface area contributed by atoms with Crippen molar-refractivity contribution in [2.24, 2.45) is 0 Å². The molecular formula is C13H22N2O.